The molecule has 1 rings (SSSR count). The number of nitrogens with zero attached hydrogens (tertiary/aromatic N) is 1. The zero-order chi connectivity index (χ0) is 14.5. The summed E-state index contributed by atoms with van der Waals surface area (Å²) in [5.41, 5.74) is 0.519. The van der Waals surface area contributed by atoms with Gasteiger partial charge in [0.2, 0.25) is 0 Å². The molecule has 2 amide bonds. The number of carbonyl (C=O) groups is 1. The number of hydrogen-bond acceptors (Lipinski definition) is 3. The van der Waals surface area contributed by atoms with Gasteiger partial charge in [-0.2, -0.15) is 11.8 Å². The van der Waals surface area contributed by atoms with Gasteiger partial charge in [-0.1, -0.05) is 44.0 Å². The van der Waals surface area contributed by atoms with Gasteiger partial charge in [0, 0.05) is 22.7 Å². The molecule has 0 bridgehead atoms. The van der Waals surface area contributed by atoms with E-state index in [1.54, 1.807) is 11.8 Å². The highest BCUT2D eigenvalue weighted by atomic mass is 35.5. The predicted molar refractivity (Wildman–Crippen MR) is 83.5 cm³/mol. The van der Waals surface area contributed by atoms with Gasteiger partial charge in [-0.05, 0) is 12.1 Å². The Labute approximate surface area is 127 Å². The minimum Gasteiger partial charge on any atom is -0.337 e. The Bertz CT molecular complexity index is 429. The molecule has 0 saturated heterocycles. The fraction of sp³-hybridized carbons (Fsp3) is 0.500. The monoisotopic (exact) mass is 321 g/mol. The van der Waals surface area contributed by atoms with Crippen LogP contribution in [-0.4, -0.2) is 28.1 Å². The van der Waals surface area contributed by atoms with Crippen LogP contribution < -0.4 is 10.6 Å². The third-order valence-corrected chi connectivity index (χ3v) is 3.60. The van der Waals surface area contributed by atoms with Crippen LogP contribution >= 0.6 is 35.0 Å². The first-order valence-electron chi connectivity index (χ1n) is 5.78. The zero-order valence-electron chi connectivity index (χ0n) is 11.1. The lowest BCUT2D eigenvalue weighted by Crippen LogP contribution is -2.31. The summed E-state index contributed by atoms with van der Waals surface area (Å²) in [5, 5.41) is 5.90. The van der Waals surface area contributed by atoms with Crippen LogP contribution in [0, 0.1) is 0 Å². The van der Waals surface area contributed by atoms with Crippen LogP contribution in [0.3, 0.4) is 0 Å². The first kappa shape index (κ1) is 16.4. The maximum Gasteiger partial charge on any atom is 0.319 e. The molecular formula is C12H17Cl2N3OS. The van der Waals surface area contributed by atoms with Crippen LogP contribution in [0.15, 0.2) is 12.1 Å². The highest BCUT2D eigenvalue weighted by molar-refractivity contribution is 8.00. The number of pyridine rings is 1. The van der Waals surface area contributed by atoms with Crippen LogP contribution in [0.1, 0.15) is 20.8 Å². The number of halogens is 2. The third-order valence-electron chi connectivity index (χ3n) is 1.94. The number of amides is 2. The fourth-order valence-corrected chi connectivity index (χ4v) is 2.51. The lowest BCUT2D eigenvalue weighted by molar-refractivity contribution is 0.252. The lowest BCUT2D eigenvalue weighted by atomic mass is 10.3. The number of rotatable bonds is 4. The Morgan fingerprint density at radius 1 is 1.32 bits per heavy atom. The number of hydrogen-bond donors (Lipinski definition) is 2. The normalized spacial score (nSPS) is 11.2. The van der Waals surface area contributed by atoms with Gasteiger partial charge in [0.1, 0.15) is 10.3 Å². The van der Waals surface area contributed by atoms with Crippen LogP contribution in [0.5, 0.6) is 0 Å². The molecule has 0 aromatic carbocycles. The Kier molecular flexibility index (Phi) is 6.23. The van der Waals surface area contributed by atoms with Gasteiger partial charge in [-0.15, -0.1) is 0 Å². The molecule has 0 aliphatic heterocycles. The van der Waals surface area contributed by atoms with Gasteiger partial charge in [0.05, 0.1) is 0 Å². The highest BCUT2D eigenvalue weighted by Gasteiger charge is 2.10. The quantitative estimate of drug-likeness (QED) is 0.650. The Morgan fingerprint density at radius 2 is 1.89 bits per heavy atom. The average Bonchev–Trinajstić information content (AvgIpc) is 2.21. The van der Waals surface area contributed by atoms with E-state index in [4.69, 9.17) is 23.2 Å². The Hall–Kier alpha value is -0.650. The number of aromatic nitrogens is 1. The second-order valence-corrected chi connectivity index (χ2v) is 7.54. The van der Waals surface area contributed by atoms with E-state index in [0.29, 0.717) is 12.2 Å². The minimum atomic E-state index is -0.284. The molecule has 1 heterocycles. The van der Waals surface area contributed by atoms with Gasteiger partial charge >= 0.3 is 6.03 Å². The molecule has 0 spiro atoms. The van der Waals surface area contributed by atoms with Crippen molar-refractivity contribution in [3.8, 4) is 0 Å². The van der Waals surface area contributed by atoms with E-state index < -0.39 is 0 Å². The largest absolute Gasteiger partial charge is 0.337 e. The smallest absolute Gasteiger partial charge is 0.319 e. The van der Waals surface area contributed by atoms with Crippen molar-refractivity contribution < 1.29 is 4.79 Å². The van der Waals surface area contributed by atoms with Gasteiger partial charge in [-0.3, -0.25) is 0 Å². The molecule has 0 fully saturated rings. The average molecular weight is 322 g/mol. The van der Waals surface area contributed by atoms with Crippen LogP contribution in [-0.2, 0) is 0 Å². The Balaban J connectivity index is 2.35. The summed E-state index contributed by atoms with van der Waals surface area (Å²) in [6, 6.07) is 2.79. The van der Waals surface area contributed by atoms with Crippen molar-refractivity contribution in [2.24, 2.45) is 0 Å². The maximum absolute atomic E-state index is 11.6. The van der Waals surface area contributed by atoms with E-state index in [1.165, 1.54) is 12.1 Å². The minimum absolute atomic E-state index is 0.199. The SMILES string of the molecule is CC(C)(C)SCCNC(=O)Nc1cc(Cl)nc(Cl)c1. The lowest BCUT2D eigenvalue weighted by Gasteiger charge is -2.17. The summed E-state index contributed by atoms with van der Waals surface area (Å²) >= 11 is 13.3. The number of thioether (sulfide) groups is 1. The number of nitrogens with one attached hydrogen (secondary N) is 2. The first-order chi connectivity index (χ1) is 8.76. The number of carbonyl (C=O) groups excluding carboxylic acids is 1. The molecule has 4 nitrogen and oxygen atoms in total. The molecular weight excluding hydrogens is 305 g/mol. The van der Waals surface area contributed by atoms with Crippen molar-refractivity contribution in [2.45, 2.75) is 25.5 Å². The molecule has 0 unspecified atom stereocenters. The molecule has 106 valence electrons. The third kappa shape index (κ3) is 7.50. The molecule has 0 saturated carbocycles. The highest BCUT2D eigenvalue weighted by Crippen LogP contribution is 2.22. The molecule has 0 aliphatic carbocycles. The molecule has 0 radical (unpaired) electrons. The van der Waals surface area contributed by atoms with Gasteiger partial charge in [-0.25, -0.2) is 9.78 Å². The molecule has 2 N–H and O–H groups in total. The van der Waals surface area contributed by atoms with Crippen LogP contribution in [0.25, 0.3) is 0 Å². The predicted octanol–water partition coefficient (Wildman–Crippen LogP) is 4.04. The summed E-state index contributed by atoms with van der Waals surface area (Å²) in [4.78, 5) is 15.4. The topological polar surface area (TPSA) is 54.0 Å². The molecule has 0 aliphatic rings. The van der Waals surface area contributed by atoms with Crippen molar-refractivity contribution >= 4 is 46.7 Å². The van der Waals surface area contributed by atoms with E-state index >= 15 is 0 Å². The van der Waals surface area contributed by atoms with Crippen LogP contribution in [0.4, 0.5) is 10.5 Å². The van der Waals surface area contributed by atoms with Crippen molar-refractivity contribution in [2.75, 3.05) is 17.6 Å². The molecule has 7 heteroatoms. The first-order valence-corrected chi connectivity index (χ1v) is 7.52. The molecule has 1 aromatic heterocycles. The van der Waals surface area contributed by atoms with E-state index in [0.717, 1.165) is 5.75 Å². The second-order valence-electron chi connectivity index (χ2n) is 4.84. The van der Waals surface area contributed by atoms with Crippen LogP contribution in [0.2, 0.25) is 10.3 Å². The summed E-state index contributed by atoms with van der Waals surface area (Å²) < 4.78 is 0.199. The van der Waals surface area contributed by atoms with Gasteiger partial charge in [0.25, 0.3) is 0 Å². The van der Waals surface area contributed by atoms with E-state index in [9.17, 15) is 4.79 Å². The van der Waals surface area contributed by atoms with Crippen molar-refractivity contribution in [3.05, 3.63) is 22.4 Å². The Morgan fingerprint density at radius 3 is 2.42 bits per heavy atom. The zero-order valence-corrected chi connectivity index (χ0v) is 13.4. The van der Waals surface area contributed by atoms with Gasteiger partial charge in [0.15, 0.2) is 0 Å². The summed E-state index contributed by atoms with van der Waals surface area (Å²) in [6.07, 6.45) is 0. The van der Waals surface area contributed by atoms with E-state index in [1.807, 2.05) is 0 Å². The number of urea groups is 1. The van der Waals surface area contributed by atoms with Crippen molar-refractivity contribution in [1.29, 1.82) is 0 Å². The molecule has 0 atom stereocenters. The maximum atomic E-state index is 11.6. The van der Waals surface area contributed by atoms with E-state index in [2.05, 4.69) is 36.4 Å². The second kappa shape index (κ2) is 7.22. The summed E-state index contributed by atoms with van der Waals surface area (Å²) in [6.45, 7) is 7.01. The molecule has 19 heavy (non-hydrogen) atoms. The molecule has 1 aromatic rings. The summed E-state index contributed by atoms with van der Waals surface area (Å²) in [7, 11) is 0. The van der Waals surface area contributed by atoms with Crippen molar-refractivity contribution in [1.82, 2.24) is 10.3 Å². The van der Waals surface area contributed by atoms with Crippen molar-refractivity contribution in [3.63, 3.8) is 0 Å². The number of anilines is 1. The van der Waals surface area contributed by atoms with E-state index in [-0.39, 0.29) is 21.1 Å². The summed E-state index contributed by atoms with van der Waals surface area (Å²) in [5.74, 6) is 0.856. The van der Waals surface area contributed by atoms with Gasteiger partial charge < -0.3 is 10.6 Å². The fourth-order valence-electron chi connectivity index (χ4n) is 1.23. The standard InChI is InChI=1S/C12H17Cl2N3OS/c1-12(2,3)19-5-4-15-11(18)16-8-6-9(13)17-10(14)7-8/h6-7H,4-5H2,1-3H3,(H2,15,16,17,18).